The van der Waals surface area contributed by atoms with Crippen LogP contribution in [0.1, 0.15) is 18.2 Å². The van der Waals surface area contributed by atoms with Gasteiger partial charge >= 0.3 is 0 Å². The first kappa shape index (κ1) is 14.4. The highest BCUT2D eigenvalue weighted by Crippen LogP contribution is 2.18. The van der Waals surface area contributed by atoms with Crippen molar-refractivity contribution in [2.24, 2.45) is 5.16 Å². The lowest BCUT2D eigenvalue weighted by atomic mass is 10.1. The Hall–Kier alpha value is -2.02. The Morgan fingerprint density at radius 1 is 1.40 bits per heavy atom. The van der Waals surface area contributed by atoms with E-state index in [0.29, 0.717) is 34.8 Å². The van der Waals surface area contributed by atoms with Gasteiger partial charge in [0.25, 0.3) is 0 Å². The van der Waals surface area contributed by atoms with Gasteiger partial charge in [0.2, 0.25) is 5.88 Å². The Bertz CT molecular complexity index is 619. The van der Waals surface area contributed by atoms with Crippen LogP contribution in [0.5, 0.6) is 5.88 Å². The summed E-state index contributed by atoms with van der Waals surface area (Å²) in [6.45, 7) is 2.36. The summed E-state index contributed by atoms with van der Waals surface area (Å²) in [6.07, 6.45) is 3.43. The zero-order valence-corrected chi connectivity index (χ0v) is 12.4. The predicted molar refractivity (Wildman–Crippen MR) is 77.2 cm³/mol. The van der Waals surface area contributed by atoms with Gasteiger partial charge in [-0.25, -0.2) is 15.0 Å². The van der Waals surface area contributed by atoms with Crippen LogP contribution in [0, 0.1) is 0 Å². The molecule has 0 atom stereocenters. The lowest BCUT2D eigenvalue weighted by molar-refractivity contribution is 0.314. The first-order valence-electron chi connectivity index (χ1n) is 6.00. The van der Waals surface area contributed by atoms with Gasteiger partial charge in [-0.05, 0) is 41.1 Å². The standard InChI is InChI=1S/C13H13BrN4O2/c1-2-20-13-10(4-3-5-15-13)11(18-19)6-9-7-12(14)17-8-16-9/h3-5,7-8,19H,2,6H2,1H3/b18-11+. The van der Waals surface area contributed by atoms with Gasteiger partial charge in [-0.3, -0.25) is 0 Å². The Balaban J connectivity index is 2.29. The van der Waals surface area contributed by atoms with E-state index < -0.39 is 0 Å². The van der Waals surface area contributed by atoms with Crippen molar-refractivity contribution < 1.29 is 9.94 Å². The van der Waals surface area contributed by atoms with Crippen LogP contribution in [0.2, 0.25) is 0 Å². The molecule has 0 saturated carbocycles. The number of hydrogen-bond acceptors (Lipinski definition) is 6. The fourth-order valence-electron chi connectivity index (χ4n) is 1.69. The third-order valence-corrected chi connectivity index (χ3v) is 2.96. The predicted octanol–water partition coefficient (Wildman–Crippen LogP) is 2.45. The minimum absolute atomic E-state index is 0.351. The van der Waals surface area contributed by atoms with E-state index in [1.54, 1.807) is 24.4 Å². The van der Waals surface area contributed by atoms with Gasteiger partial charge in [-0.2, -0.15) is 0 Å². The third kappa shape index (κ3) is 3.51. The fraction of sp³-hybridized carbons (Fsp3) is 0.231. The summed E-state index contributed by atoms with van der Waals surface area (Å²) in [7, 11) is 0. The van der Waals surface area contributed by atoms with E-state index in [1.165, 1.54) is 6.33 Å². The van der Waals surface area contributed by atoms with E-state index in [2.05, 4.69) is 36.0 Å². The number of ether oxygens (including phenoxy) is 1. The first-order valence-corrected chi connectivity index (χ1v) is 6.79. The number of rotatable bonds is 5. The molecule has 2 rings (SSSR count). The first-order chi connectivity index (χ1) is 9.74. The summed E-state index contributed by atoms with van der Waals surface area (Å²) in [6, 6.07) is 5.32. The van der Waals surface area contributed by atoms with Crippen LogP contribution in [0.3, 0.4) is 0 Å². The largest absolute Gasteiger partial charge is 0.477 e. The maximum Gasteiger partial charge on any atom is 0.222 e. The fourth-order valence-corrected chi connectivity index (χ4v) is 2.04. The van der Waals surface area contributed by atoms with E-state index in [-0.39, 0.29) is 0 Å². The highest BCUT2D eigenvalue weighted by molar-refractivity contribution is 9.10. The van der Waals surface area contributed by atoms with E-state index >= 15 is 0 Å². The van der Waals surface area contributed by atoms with Gasteiger partial charge in [-0.15, -0.1) is 0 Å². The minimum atomic E-state index is 0.351. The highest BCUT2D eigenvalue weighted by atomic mass is 79.9. The molecule has 0 aromatic carbocycles. The quantitative estimate of drug-likeness (QED) is 0.392. The van der Waals surface area contributed by atoms with Gasteiger partial charge in [0.05, 0.1) is 23.6 Å². The molecule has 2 aromatic rings. The Kier molecular flexibility index (Phi) is 5.00. The van der Waals surface area contributed by atoms with E-state index in [4.69, 9.17) is 4.74 Å². The monoisotopic (exact) mass is 336 g/mol. The van der Waals surface area contributed by atoms with Crippen molar-refractivity contribution in [3.05, 3.63) is 46.6 Å². The summed E-state index contributed by atoms with van der Waals surface area (Å²) < 4.78 is 6.11. The van der Waals surface area contributed by atoms with E-state index in [9.17, 15) is 5.21 Å². The Morgan fingerprint density at radius 3 is 2.95 bits per heavy atom. The second-order valence-electron chi connectivity index (χ2n) is 3.84. The number of halogens is 1. The second-order valence-corrected chi connectivity index (χ2v) is 4.66. The molecule has 0 saturated heterocycles. The molecule has 0 radical (unpaired) electrons. The average Bonchev–Trinajstić information content (AvgIpc) is 2.46. The molecule has 7 heteroatoms. The van der Waals surface area contributed by atoms with Crippen LogP contribution in [-0.4, -0.2) is 32.5 Å². The van der Waals surface area contributed by atoms with Crippen molar-refractivity contribution >= 4 is 21.6 Å². The maximum absolute atomic E-state index is 9.25. The van der Waals surface area contributed by atoms with Crippen molar-refractivity contribution in [1.29, 1.82) is 0 Å². The van der Waals surface area contributed by atoms with Crippen molar-refractivity contribution in [2.45, 2.75) is 13.3 Å². The Labute approximate surface area is 124 Å². The van der Waals surface area contributed by atoms with Gasteiger partial charge in [0.15, 0.2) is 0 Å². The summed E-state index contributed by atoms with van der Waals surface area (Å²) in [5.74, 6) is 0.441. The van der Waals surface area contributed by atoms with E-state index in [1.807, 2.05) is 6.92 Å². The number of aromatic nitrogens is 3. The van der Waals surface area contributed by atoms with Crippen LogP contribution >= 0.6 is 15.9 Å². The highest BCUT2D eigenvalue weighted by Gasteiger charge is 2.13. The minimum Gasteiger partial charge on any atom is -0.477 e. The summed E-state index contributed by atoms with van der Waals surface area (Å²) in [5.41, 5.74) is 1.81. The van der Waals surface area contributed by atoms with Crippen LogP contribution in [-0.2, 0) is 6.42 Å². The molecule has 0 aliphatic rings. The molecule has 0 bridgehead atoms. The lowest BCUT2D eigenvalue weighted by Gasteiger charge is -2.09. The zero-order chi connectivity index (χ0) is 14.4. The molecule has 20 heavy (non-hydrogen) atoms. The molecule has 0 unspecified atom stereocenters. The third-order valence-electron chi connectivity index (χ3n) is 2.52. The number of nitrogens with zero attached hydrogens (tertiary/aromatic N) is 4. The second kappa shape index (κ2) is 6.95. The molecule has 104 valence electrons. The van der Waals surface area contributed by atoms with Crippen LogP contribution in [0.15, 0.2) is 40.5 Å². The maximum atomic E-state index is 9.25. The van der Waals surface area contributed by atoms with Gasteiger partial charge in [0.1, 0.15) is 10.9 Å². The molecule has 0 amide bonds. The zero-order valence-electron chi connectivity index (χ0n) is 10.8. The van der Waals surface area contributed by atoms with E-state index in [0.717, 1.165) is 5.69 Å². The van der Waals surface area contributed by atoms with Gasteiger partial charge < -0.3 is 9.94 Å². The lowest BCUT2D eigenvalue weighted by Crippen LogP contribution is -2.10. The van der Waals surface area contributed by atoms with Crippen LogP contribution in [0.4, 0.5) is 0 Å². The summed E-state index contributed by atoms with van der Waals surface area (Å²) in [5, 5.41) is 12.6. The number of hydrogen-bond donors (Lipinski definition) is 1. The molecular weight excluding hydrogens is 324 g/mol. The van der Waals surface area contributed by atoms with Gasteiger partial charge in [-0.1, -0.05) is 5.16 Å². The van der Waals surface area contributed by atoms with Crippen molar-refractivity contribution in [2.75, 3.05) is 6.61 Å². The molecule has 2 heterocycles. The van der Waals surface area contributed by atoms with Crippen molar-refractivity contribution in [1.82, 2.24) is 15.0 Å². The SMILES string of the molecule is CCOc1ncccc1/C(Cc1cc(Br)ncn1)=N/O. The van der Waals surface area contributed by atoms with Crippen LogP contribution in [0.25, 0.3) is 0 Å². The molecule has 1 N–H and O–H groups in total. The smallest absolute Gasteiger partial charge is 0.222 e. The molecule has 0 aliphatic carbocycles. The molecule has 0 aliphatic heterocycles. The average molecular weight is 337 g/mol. The van der Waals surface area contributed by atoms with Crippen molar-refractivity contribution in [3.8, 4) is 5.88 Å². The number of oxime groups is 1. The van der Waals surface area contributed by atoms with Crippen LogP contribution < -0.4 is 4.74 Å². The molecule has 0 fully saturated rings. The molecular formula is C13H13BrN4O2. The summed E-state index contributed by atoms with van der Waals surface area (Å²) in [4.78, 5) is 12.2. The summed E-state index contributed by atoms with van der Waals surface area (Å²) >= 11 is 3.28. The molecule has 2 aromatic heterocycles. The molecule has 6 nitrogen and oxygen atoms in total. The molecule has 0 spiro atoms. The number of pyridine rings is 1. The Morgan fingerprint density at radius 2 is 2.25 bits per heavy atom. The topological polar surface area (TPSA) is 80.5 Å². The van der Waals surface area contributed by atoms with Crippen molar-refractivity contribution in [3.63, 3.8) is 0 Å². The van der Waals surface area contributed by atoms with Gasteiger partial charge in [0, 0.05) is 12.6 Å². The normalized spacial score (nSPS) is 11.4.